The Bertz CT molecular complexity index is 455. The average Bonchev–Trinajstić information content (AvgIpc) is 3.01. The lowest BCUT2D eigenvalue weighted by Gasteiger charge is -2.13. The van der Waals surface area contributed by atoms with Gasteiger partial charge in [-0.2, -0.15) is 0 Å². The van der Waals surface area contributed by atoms with Crippen LogP contribution >= 0.6 is 0 Å². The molecule has 1 aromatic rings. The Morgan fingerprint density at radius 3 is 3.21 bits per heavy atom. The molecule has 1 unspecified atom stereocenters. The van der Waals surface area contributed by atoms with Crippen molar-refractivity contribution in [2.75, 3.05) is 19.6 Å². The third kappa shape index (κ3) is 3.43. The molecule has 1 fully saturated rings. The molecule has 0 radical (unpaired) electrons. The maximum Gasteiger partial charge on any atom is 0.225 e. The molecule has 19 heavy (non-hydrogen) atoms. The Morgan fingerprint density at radius 2 is 2.53 bits per heavy atom. The van der Waals surface area contributed by atoms with E-state index in [0.717, 1.165) is 5.82 Å². The predicted octanol–water partition coefficient (Wildman–Crippen LogP) is 0.103. The molecule has 6 heteroatoms. The zero-order valence-corrected chi connectivity index (χ0v) is 10.8. The minimum Gasteiger partial charge on any atom is -0.355 e. The zero-order chi connectivity index (χ0) is 13.7. The summed E-state index contributed by atoms with van der Waals surface area (Å²) in [6.07, 6.45) is 6.06. The van der Waals surface area contributed by atoms with E-state index in [9.17, 15) is 9.59 Å². The zero-order valence-electron chi connectivity index (χ0n) is 10.8. The van der Waals surface area contributed by atoms with Crippen LogP contribution in [0.2, 0.25) is 0 Å². The van der Waals surface area contributed by atoms with Crippen molar-refractivity contribution >= 4 is 11.8 Å². The first-order chi connectivity index (χ1) is 9.20. The summed E-state index contributed by atoms with van der Waals surface area (Å²) in [6, 6.07) is 0. The second kappa shape index (κ2) is 6.17. The quantitative estimate of drug-likeness (QED) is 0.714. The van der Waals surface area contributed by atoms with Crippen LogP contribution in [0.4, 0.5) is 0 Å². The van der Waals surface area contributed by atoms with Gasteiger partial charge in [0.15, 0.2) is 0 Å². The van der Waals surface area contributed by atoms with Crippen LogP contribution in [-0.4, -0.2) is 46.3 Å². The fourth-order valence-electron chi connectivity index (χ4n) is 2.16. The lowest BCUT2D eigenvalue weighted by Crippen LogP contribution is -2.34. The predicted molar refractivity (Wildman–Crippen MR) is 70.2 cm³/mol. The SMILES string of the molecule is C=CCN1CC(C(=O)NCCc2ncc[nH]2)CC1=O. The molecule has 1 saturated heterocycles. The van der Waals surface area contributed by atoms with Gasteiger partial charge in [-0.1, -0.05) is 6.08 Å². The van der Waals surface area contributed by atoms with Gasteiger partial charge in [-0.05, 0) is 0 Å². The molecule has 6 nitrogen and oxygen atoms in total. The van der Waals surface area contributed by atoms with Crippen molar-refractivity contribution in [3.05, 3.63) is 30.9 Å². The summed E-state index contributed by atoms with van der Waals surface area (Å²) in [4.78, 5) is 32.3. The van der Waals surface area contributed by atoms with Gasteiger partial charge in [-0.15, -0.1) is 6.58 Å². The fourth-order valence-corrected chi connectivity index (χ4v) is 2.16. The molecule has 0 spiro atoms. The molecule has 1 aromatic heterocycles. The monoisotopic (exact) mass is 262 g/mol. The number of nitrogens with one attached hydrogen (secondary N) is 2. The molecule has 2 amide bonds. The van der Waals surface area contributed by atoms with Gasteiger partial charge >= 0.3 is 0 Å². The van der Waals surface area contributed by atoms with Gasteiger partial charge in [0.05, 0.1) is 5.92 Å². The highest BCUT2D eigenvalue weighted by Crippen LogP contribution is 2.17. The first-order valence-electron chi connectivity index (χ1n) is 6.35. The number of carbonyl (C=O) groups is 2. The minimum absolute atomic E-state index is 0.0195. The molecule has 0 saturated carbocycles. The average molecular weight is 262 g/mol. The fraction of sp³-hybridized carbons (Fsp3) is 0.462. The molecule has 2 rings (SSSR count). The number of amides is 2. The summed E-state index contributed by atoms with van der Waals surface area (Å²) < 4.78 is 0. The Labute approximate surface area is 111 Å². The minimum atomic E-state index is -0.246. The van der Waals surface area contributed by atoms with Crippen molar-refractivity contribution in [3.8, 4) is 0 Å². The summed E-state index contributed by atoms with van der Waals surface area (Å²) in [5.41, 5.74) is 0. The van der Waals surface area contributed by atoms with Crippen LogP contribution in [0.3, 0.4) is 0 Å². The van der Waals surface area contributed by atoms with Crippen molar-refractivity contribution in [1.29, 1.82) is 0 Å². The van der Waals surface area contributed by atoms with Crippen LogP contribution in [0.25, 0.3) is 0 Å². The normalized spacial score (nSPS) is 18.6. The third-order valence-corrected chi connectivity index (χ3v) is 3.15. The Balaban J connectivity index is 1.74. The van der Waals surface area contributed by atoms with Gasteiger partial charge < -0.3 is 15.2 Å². The highest BCUT2D eigenvalue weighted by Gasteiger charge is 2.33. The second-order valence-electron chi connectivity index (χ2n) is 4.57. The van der Waals surface area contributed by atoms with Crippen molar-refractivity contribution in [2.45, 2.75) is 12.8 Å². The first-order valence-corrected chi connectivity index (χ1v) is 6.35. The van der Waals surface area contributed by atoms with E-state index in [0.29, 0.717) is 32.5 Å². The van der Waals surface area contributed by atoms with Gasteiger partial charge in [-0.3, -0.25) is 9.59 Å². The van der Waals surface area contributed by atoms with Gasteiger partial charge in [0.2, 0.25) is 11.8 Å². The van der Waals surface area contributed by atoms with Crippen LogP contribution in [0.15, 0.2) is 25.0 Å². The standard InChI is InChI=1S/C13H18N4O2/c1-2-7-17-9-10(8-12(17)18)13(19)16-4-3-11-14-5-6-15-11/h2,5-6,10H,1,3-4,7-9H2,(H,14,15)(H,16,19). The van der Waals surface area contributed by atoms with Crippen LogP contribution < -0.4 is 5.32 Å². The Kier molecular flexibility index (Phi) is 4.33. The van der Waals surface area contributed by atoms with Crippen LogP contribution in [0.5, 0.6) is 0 Å². The van der Waals surface area contributed by atoms with Gasteiger partial charge in [0.1, 0.15) is 5.82 Å². The van der Waals surface area contributed by atoms with Crippen LogP contribution in [-0.2, 0) is 16.0 Å². The summed E-state index contributed by atoms with van der Waals surface area (Å²) in [6.45, 7) is 5.12. The van der Waals surface area contributed by atoms with Crippen molar-refractivity contribution in [3.63, 3.8) is 0 Å². The van der Waals surface area contributed by atoms with E-state index in [1.165, 1.54) is 0 Å². The Morgan fingerprint density at radius 1 is 1.68 bits per heavy atom. The second-order valence-corrected chi connectivity index (χ2v) is 4.57. The van der Waals surface area contributed by atoms with Crippen molar-refractivity contribution < 1.29 is 9.59 Å². The molecule has 1 atom stereocenters. The van der Waals surface area contributed by atoms with Gasteiger partial charge in [0.25, 0.3) is 0 Å². The number of nitrogens with zero attached hydrogens (tertiary/aromatic N) is 2. The largest absolute Gasteiger partial charge is 0.355 e. The number of aromatic nitrogens is 2. The first kappa shape index (κ1) is 13.3. The number of likely N-dealkylation sites (tertiary alicyclic amines) is 1. The summed E-state index contributed by atoms with van der Waals surface area (Å²) in [5, 5.41) is 2.84. The van der Waals surface area contributed by atoms with E-state index in [4.69, 9.17) is 0 Å². The topological polar surface area (TPSA) is 78.1 Å². The maximum absolute atomic E-state index is 11.9. The molecule has 0 aromatic carbocycles. The van der Waals surface area contributed by atoms with Gasteiger partial charge in [-0.25, -0.2) is 4.98 Å². The van der Waals surface area contributed by atoms with E-state index in [-0.39, 0.29) is 17.7 Å². The lowest BCUT2D eigenvalue weighted by molar-refractivity contribution is -0.128. The smallest absolute Gasteiger partial charge is 0.225 e. The summed E-state index contributed by atoms with van der Waals surface area (Å²) in [7, 11) is 0. The number of H-pyrrole nitrogens is 1. The molecule has 0 bridgehead atoms. The van der Waals surface area contributed by atoms with Crippen LogP contribution in [0.1, 0.15) is 12.2 Å². The van der Waals surface area contributed by atoms with E-state index in [1.54, 1.807) is 23.4 Å². The molecule has 0 aliphatic carbocycles. The molecule has 1 aliphatic heterocycles. The Hall–Kier alpha value is -2.11. The number of rotatable bonds is 6. The molecular formula is C13H18N4O2. The number of imidazole rings is 1. The third-order valence-electron chi connectivity index (χ3n) is 3.15. The van der Waals surface area contributed by atoms with E-state index < -0.39 is 0 Å². The van der Waals surface area contributed by atoms with Crippen molar-refractivity contribution in [1.82, 2.24) is 20.2 Å². The van der Waals surface area contributed by atoms with E-state index >= 15 is 0 Å². The maximum atomic E-state index is 11.9. The lowest BCUT2D eigenvalue weighted by atomic mass is 10.1. The van der Waals surface area contributed by atoms with Crippen molar-refractivity contribution in [2.24, 2.45) is 5.92 Å². The number of carbonyl (C=O) groups excluding carboxylic acids is 2. The highest BCUT2D eigenvalue weighted by molar-refractivity contribution is 5.89. The summed E-state index contributed by atoms with van der Waals surface area (Å²) in [5.74, 6) is 0.553. The molecule has 102 valence electrons. The van der Waals surface area contributed by atoms with E-state index in [2.05, 4.69) is 21.9 Å². The number of hydrogen-bond donors (Lipinski definition) is 2. The highest BCUT2D eigenvalue weighted by atomic mass is 16.2. The number of hydrogen-bond acceptors (Lipinski definition) is 3. The summed E-state index contributed by atoms with van der Waals surface area (Å²) >= 11 is 0. The van der Waals surface area contributed by atoms with Crippen LogP contribution in [0, 0.1) is 5.92 Å². The molecular weight excluding hydrogens is 244 g/mol. The molecule has 2 N–H and O–H groups in total. The molecule has 1 aliphatic rings. The van der Waals surface area contributed by atoms with E-state index in [1.807, 2.05) is 0 Å². The number of aromatic amines is 1. The molecule has 2 heterocycles. The van der Waals surface area contributed by atoms with Gasteiger partial charge in [0, 0.05) is 44.9 Å².